The van der Waals surface area contributed by atoms with E-state index in [-0.39, 0.29) is 10.6 Å². The van der Waals surface area contributed by atoms with Gasteiger partial charge >= 0.3 is 6.18 Å². The molecular formula is C18H15F3N4O2S2. The molecule has 0 radical (unpaired) electrons. The predicted molar refractivity (Wildman–Crippen MR) is 104 cm³/mol. The minimum absolute atomic E-state index is 0.189. The lowest BCUT2D eigenvalue weighted by atomic mass is 10.2. The van der Waals surface area contributed by atoms with E-state index in [2.05, 4.69) is 15.3 Å². The first-order chi connectivity index (χ1) is 13.6. The lowest BCUT2D eigenvalue weighted by molar-refractivity contribution is -0.141. The van der Waals surface area contributed by atoms with Crippen molar-refractivity contribution in [2.45, 2.75) is 11.1 Å². The van der Waals surface area contributed by atoms with E-state index >= 15 is 0 Å². The van der Waals surface area contributed by atoms with Crippen molar-refractivity contribution in [1.29, 1.82) is 0 Å². The smallest absolute Gasteiger partial charge is 0.286 e. The highest BCUT2D eigenvalue weighted by Gasteiger charge is 2.33. The first-order valence-electron chi connectivity index (χ1n) is 8.11. The predicted octanol–water partition coefficient (Wildman–Crippen LogP) is 4.64. The van der Waals surface area contributed by atoms with Gasteiger partial charge in [-0.05, 0) is 42.0 Å². The largest absolute Gasteiger partial charge is 0.432 e. The summed E-state index contributed by atoms with van der Waals surface area (Å²) in [6.45, 7) is 0. The van der Waals surface area contributed by atoms with Crippen LogP contribution in [0.15, 0.2) is 65.8 Å². The van der Waals surface area contributed by atoms with E-state index in [9.17, 15) is 21.6 Å². The molecule has 0 aliphatic rings. The van der Waals surface area contributed by atoms with Crippen molar-refractivity contribution < 1.29 is 21.6 Å². The Morgan fingerprint density at radius 1 is 1.03 bits per heavy atom. The quantitative estimate of drug-likeness (QED) is 0.486. The van der Waals surface area contributed by atoms with Gasteiger partial charge in [0.05, 0.1) is 9.77 Å². The fourth-order valence-electron chi connectivity index (χ4n) is 2.32. The summed E-state index contributed by atoms with van der Waals surface area (Å²) in [5.74, 6) is 0. The van der Waals surface area contributed by atoms with E-state index in [1.165, 1.54) is 23.5 Å². The van der Waals surface area contributed by atoms with Crippen LogP contribution in [-0.4, -0.2) is 35.1 Å². The molecule has 0 unspecified atom stereocenters. The molecule has 2 N–H and O–H groups in total. The van der Waals surface area contributed by atoms with Crippen molar-refractivity contribution in [2.75, 3.05) is 6.26 Å². The van der Waals surface area contributed by atoms with Gasteiger partial charge in [-0.15, -0.1) is 11.3 Å². The van der Waals surface area contributed by atoms with Crippen LogP contribution in [0.3, 0.4) is 0 Å². The fourth-order valence-corrected chi connectivity index (χ4v) is 3.95. The van der Waals surface area contributed by atoms with E-state index in [0.717, 1.165) is 17.2 Å². The Hall–Kier alpha value is -2.92. The number of rotatable bonds is 3. The maximum absolute atomic E-state index is 12.6. The van der Waals surface area contributed by atoms with Crippen LogP contribution in [-0.2, 0) is 16.0 Å². The van der Waals surface area contributed by atoms with Crippen molar-refractivity contribution in [3.63, 3.8) is 0 Å². The molecule has 0 spiro atoms. The molecule has 0 aliphatic carbocycles. The van der Waals surface area contributed by atoms with Crippen LogP contribution in [0.25, 0.3) is 21.0 Å². The van der Waals surface area contributed by atoms with Crippen LogP contribution in [0.2, 0.25) is 0 Å². The molecule has 4 aromatic rings. The normalized spacial score (nSPS) is 11.7. The Labute approximate surface area is 168 Å². The van der Waals surface area contributed by atoms with Crippen LogP contribution in [0.1, 0.15) is 5.69 Å². The average Bonchev–Trinajstić information content (AvgIpc) is 3.43. The van der Waals surface area contributed by atoms with Gasteiger partial charge in [-0.25, -0.2) is 8.42 Å². The Morgan fingerprint density at radius 2 is 1.79 bits per heavy atom. The van der Waals surface area contributed by atoms with Crippen LogP contribution in [0, 0.1) is 0 Å². The van der Waals surface area contributed by atoms with Crippen LogP contribution >= 0.6 is 11.3 Å². The molecule has 0 saturated heterocycles. The molecule has 0 saturated carbocycles. The highest BCUT2D eigenvalue weighted by atomic mass is 32.2. The van der Waals surface area contributed by atoms with Gasteiger partial charge in [0.15, 0.2) is 9.84 Å². The second-order valence-corrected chi connectivity index (χ2v) is 8.99. The number of hydrogen-bond donors (Lipinski definition) is 2. The van der Waals surface area contributed by atoms with Crippen molar-refractivity contribution in [2.24, 2.45) is 0 Å². The Balaban J connectivity index is 0.000000419. The summed E-state index contributed by atoms with van der Waals surface area (Å²) in [7, 11) is -3.33. The maximum Gasteiger partial charge on any atom is 0.432 e. The third-order valence-corrected chi connectivity index (χ3v) is 5.96. The summed E-state index contributed by atoms with van der Waals surface area (Å²) < 4.78 is 61.1. The molecule has 1 aromatic carbocycles. The lowest BCUT2D eigenvalue weighted by Gasteiger charge is -2.01. The van der Waals surface area contributed by atoms with Crippen molar-refractivity contribution in [3.8, 4) is 21.0 Å². The Bertz CT molecular complexity index is 1160. The molecule has 3 aromatic heterocycles. The number of H-pyrrole nitrogens is 2. The zero-order valence-electron chi connectivity index (χ0n) is 14.9. The number of aromatic nitrogens is 4. The van der Waals surface area contributed by atoms with Crippen LogP contribution in [0.4, 0.5) is 13.2 Å². The molecule has 0 fully saturated rings. The van der Waals surface area contributed by atoms with E-state index in [1.807, 2.05) is 11.2 Å². The summed E-state index contributed by atoms with van der Waals surface area (Å²) in [5, 5.41) is 11.9. The third kappa shape index (κ3) is 5.33. The second kappa shape index (κ2) is 8.21. The highest BCUT2D eigenvalue weighted by Crippen LogP contribution is 2.36. The lowest BCUT2D eigenvalue weighted by Crippen LogP contribution is -2.04. The van der Waals surface area contributed by atoms with Crippen LogP contribution in [0.5, 0.6) is 0 Å². The molecule has 3 heterocycles. The number of aromatic amines is 2. The molecular weight excluding hydrogens is 425 g/mol. The SMILES string of the molecule is CS(=O)(=O)c1cccc(-c2ccc(-c3cc(C(F)(F)F)[nH]n3)s2)c1.c1cn[nH]c1. The maximum atomic E-state index is 12.6. The molecule has 0 aliphatic heterocycles. The number of nitrogens with one attached hydrogen (secondary N) is 2. The number of benzene rings is 1. The number of thiophene rings is 1. The number of sulfone groups is 1. The van der Waals surface area contributed by atoms with Crippen LogP contribution < -0.4 is 0 Å². The monoisotopic (exact) mass is 440 g/mol. The van der Waals surface area contributed by atoms with Crippen molar-refractivity contribution in [3.05, 3.63) is 66.6 Å². The van der Waals surface area contributed by atoms with Gasteiger partial charge < -0.3 is 0 Å². The second-order valence-electron chi connectivity index (χ2n) is 5.89. The Morgan fingerprint density at radius 3 is 2.34 bits per heavy atom. The van der Waals surface area contributed by atoms with Gasteiger partial charge in [-0.2, -0.15) is 23.4 Å². The van der Waals surface area contributed by atoms with Gasteiger partial charge in [0, 0.05) is 23.5 Å². The zero-order valence-corrected chi connectivity index (χ0v) is 16.6. The van der Waals surface area contributed by atoms with Gasteiger partial charge in [0.2, 0.25) is 0 Å². The number of hydrogen-bond acceptors (Lipinski definition) is 5. The van der Waals surface area contributed by atoms with Gasteiger partial charge in [-0.1, -0.05) is 12.1 Å². The first-order valence-corrected chi connectivity index (χ1v) is 10.8. The standard InChI is InChI=1S/C15H11F3N2O2S2.C3H4N2/c1-24(21,22)10-4-2-3-9(7-10)12-5-6-13(23-12)11-8-14(20-19-11)15(16,17)18;1-2-4-5-3-1/h2-8H,1H3,(H,19,20);1-3H,(H,4,5). The highest BCUT2D eigenvalue weighted by molar-refractivity contribution is 7.90. The minimum atomic E-state index is -4.48. The summed E-state index contributed by atoms with van der Waals surface area (Å²) in [6.07, 6.45) is 0.101. The molecule has 152 valence electrons. The Kier molecular flexibility index (Phi) is 5.89. The topological polar surface area (TPSA) is 91.5 Å². The van der Waals surface area contributed by atoms with Crippen molar-refractivity contribution in [1.82, 2.24) is 20.4 Å². The minimum Gasteiger partial charge on any atom is -0.286 e. The fraction of sp³-hybridized carbons (Fsp3) is 0.111. The summed E-state index contributed by atoms with van der Waals surface area (Å²) in [6, 6.07) is 12.6. The van der Waals surface area contributed by atoms with Crippen molar-refractivity contribution >= 4 is 21.2 Å². The molecule has 6 nitrogen and oxygen atoms in total. The molecule has 0 amide bonds. The average molecular weight is 440 g/mol. The molecule has 4 rings (SSSR count). The summed E-state index contributed by atoms with van der Waals surface area (Å²) >= 11 is 1.24. The first kappa shape index (κ1) is 20.8. The van der Waals surface area contributed by atoms with E-state index in [1.54, 1.807) is 36.7 Å². The summed E-state index contributed by atoms with van der Waals surface area (Å²) in [4.78, 5) is 1.49. The van der Waals surface area contributed by atoms with Gasteiger partial charge in [-0.3, -0.25) is 10.2 Å². The number of halogens is 3. The van der Waals surface area contributed by atoms with E-state index < -0.39 is 21.7 Å². The number of nitrogens with zero attached hydrogens (tertiary/aromatic N) is 2. The molecule has 11 heteroatoms. The third-order valence-electron chi connectivity index (χ3n) is 3.69. The molecule has 29 heavy (non-hydrogen) atoms. The molecule has 0 bridgehead atoms. The van der Waals surface area contributed by atoms with E-state index in [0.29, 0.717) is 10.4 Å². The van der Waals surface area contributed by atoms with Gasteiger partial charge in [0.25, 0.3) is 0 Å². The zero-order chi connectivity index (χ0) is 21.1. The van der Waals surface area contributed by atoms with E-state index in [4.69, 9.17) is 0 Å². The molecule has 0 atom stereocenters. The van der Waals surface area contributed by atoms with Gasteiger partial charge in [0.1, 0.15) is 11.4 Å². The number of alkyl halides is 3. The summed E-state index contributed by atoms with van der Waals surface area (Å²) in [5.41, 5.74) is -0.0369.